The van der Waals surface area contributed by atoms with Crippen LogP contribution in [0.2, 0.25) is 0 Å². The van der Waals surface area contributed by atoms with Crippen LogP contribution in [0.3, 0.4) is 0 Å². The fourth-order valence-corrected chi connectivity index (χ4v) is 3.36. The molecule has 0 saturated carbocycles. The van der Waals surface area contributed by atoms with Crippen LogP contribution < -0.4 is 15.5 Å². The molecular weight excluding hydrogens is 308 g/mol. The predicted octanol–water partition coefficient (Wildman–Crippen LogP) is 1.09. The number of carbonyl (C=O) groups is 1. The van der Waals surface area contributed by atoms with Crippen LogP contribution in [-0.4, -0.2) is 51.6 Å². The molecule has 1 aromatic carbocycles. The largest absolute Gasteiger partial charge is 0.443 e. The second-order valence-electron chi connectivity index (χ2n) is 6.46. The number of anilines is 2. The van der Waals surface area contributed by atoms with E-state index in [9.17, 15) is 13.6 Å². The van der Waals surface area contributed by atoms with Crippen LogP contribution in [0.15, 0.2) is 12.1 Å². The molecule has 124 valence electrons. The maximum absolute atomic E-state index is 14.4. The van der Waals surface area contributed by atoms with Gasteiger partial charge in [0.1, 0.15) is 11.8 Å². The van der Waals surface area contributed by atoms with Crippen molar-refractivity contribution in [3.63, 3.8) is 0 Å². The second kappa shape index (κ2) is 5.04. The van der Waals surface area contributed by atoms with E-state index in [2.05, 4.69) is 0 Å². The molecule has 3 saturated heterocycles. The van der Waals surface area contributed by atoms with Crippen LogP contribution in [0, 0.1) is 17.0 Å². The number of cyclic esters (lactones) is 1. The van der Waals surface area contributed by atoms with Gasteiger partial charge in [0.2, 0.25) is 0 Å². The zero-order valence-corrected chi connectivity index (χ0v) is 12.4. The van der Waals surface area contributed by atoms with Crippen molar-refractivity contribution in [2.75, 3.05) is 49.2 Å². The van der Waals surface area contributed by atoms with Gasteiger partial charge in [0, 0.05) is 31.8 Å². The van der Waals surface area contributed by atoms with E-state index in [-0.39, 0.29) is 29.9 Å². The van der Waals surface area contributed by atoms with Crippen molar-refractivity contribution < 1.29 is 23.0 Å². The maximum atomic E-state index is 14.4. The minimum Gasteiger partial charge on any atom is -0.443 e. The van der Waals surface area contributed by atoms with Crippen molar-refractivity contribution in [2.45, 2.75) is 6.10 Å². The lowest BCUT2D eigenvalue weighted by Gasteiger charge is -2.56. The summed E-state index contributed by atoms with van der Waals surface area (Å²) in [5.41, 5.74) is 5.62. The fraction of sp³-hybridized carbons (Fsp3) is 0.533. The number of hydrogen-bond acceptors (Lipinski definition) is 5. The van der Waals surface area contributed by atoms with Crippen molar-refractivity contribution in [1.82, 2.24) is 0 Å². The molecule has 0 bridgehead atoms. The first-order chi connectivity index (χ1) is 11.0. The molecule has 0 aliphatic carbocycles. The van der Waals surface area contributed by atoms with Gasteiger partial charge in [0.25, 0.3) is 0 Å². The molecule has 3 fully saturated rings. The number of carbonyl (C=O) groups excluding carboxylic acids is 1. The summed E-state index contributed by atoms with van der Waals surface area (Å²) < 4.78 is 39.0. The Bertz CT molecular complexity index is 634. The third-order valence-corrected chi connectivity index (χ3v) is 4.64. The molecule has 0 unspecified atom stereocenters. The number of amides is 1. The quantitative estimate of drug-likeness (QED) is 0.901. The maximum Gasteiger partial charge on any atom is 0.414 e. The lowest BCUT2D eigenvalue weighted by molar-refractivity contribution is -0.127. The molecule has 1 spiro atoms. The zero-order chi connectivity index (χ0) is 16.2. The molecule has 6 nitrogen and oxygen atoms in total. The molecule has 3 aliphatic heterocycles. The van der Waals surface area contributed by atoms with Crippen molar-refractivity contribution in [2.24, 2.45) is 11.1 Å². The normalized spacial score (nSPS) is 25.3. The summed E-state index contributed by atoms with van der Waals surface area (Å²) in [5.74, 6) is -1.36. The van der Waals surface area contributed by atoms with E-state index in [0.717, 1.165) is 0 Å². The number of rotatable bonds is 3. The first-order valence-electron chi connectivity index (χ1n) is 7.51. The molecule has 3 aliphatic rings. The molecule has 23 heavy (non-hydrogen) atoms. The van der Waals surface area contributed by atoms with E-state index in [1.54, 1.807) is 4.90 Å². The highest BCUT2D eigenvalue weighted by atomic mass is 19.1. The van der Waals surface area contributed by atoms with Gasteiger partial charge < -0.3 is 20.1 Å². The van der Waals surface area contributed by atoms with Crippen LogP contribution in [-0.2, 0) is 9.47 Å². The van der Waals surface area contributed by atoms with Crippen LogP contribution in [0.4, 0.5) is 25.0 Å². The summed E-state index contributed by atoms with van der Waals surface area (Å²) in [6.45, 7) is 2.82. The lowest BCUT2D eigenvalue weighted by atomic mass is 9.77. The Morgan fingerprint density at radius 3 is 2.39 bits per heavy atom. The number of benzene rings is 1. The molecule has 0 aromatic heterocycles. The molecule has 8 heteroatoms. The number of hydrogen-bond donors (Lipinski definition) is 1. The molecule has 1 aromatic rings. The highest BCUT2D eigenvalue weighted by molar-refractivity contribution is 5.90. The van der Waals surface area contributed by atoms with Gasteiger partial charge in [-0.3, -0.25) is 4.90 Å². The van der Waals surface area contributed by atoms with E-state index in [1.807, 2.05) is 0 Å². The van der Waals surface area contributed by atoms with Crippen LogP contribution >= 0.6 is 0 Å². The van der Waals surface area contributed by atoms with Gasteiger partial charge in [-0.05, 0) is 0 Å². The van der Waals surface area contributed by atoms with Gasteiger partial charge >= 0.3 is 6.09 Å². The molecular formula is C15H17F2N3O3. The molecule has 3 heterocycles. The third-order valence-electron chi connectivity index (χ3n) is 4.64. The Balaban J connectivity index is 1.56. The van der Waals surface area contributed by atoms with Gasteiger partial charge in [-0.2, -0.15) is 0 Å². The highest BCUT2D eigenvalue weighted by Crippen LogP contribution is 2.42. The SMILES string of the molecule is NC[C@H]1CN(c2cc(F)c(N3CC4(COC4)C3)c(F)c2)C(=O)O1. The molecule has 2 N–H and O–H groups in total. The fourth-order valence-electron chi connectivity index (χ4n) is 3.36. The lowest BCUT2D eigenvalue weighted by Crippen LogP contribution is -2.66. The number of ether oxygens (including phenoxy) is 2. The Kier molecular flexibility index (Phi) is 3.21. The number of halogens is 2. The van der Waals surface area contributed by atoms with Crippen molar-refractivity contribution in [3.8, 4) is 0 Å². The summed E-state index contributed by atoms with van der Waals surface area (Å²) in [7, 11) is 0. The summed E-state index contributed by atoms with van der Waals surface area (Å²) in [6.07, 6.45) is -1.09. The first kappa shape index (κ1) is 14.6. The third kappa shape index (κ3) is 2.24. The van der Waals surface area contributed by atoms with E-state index in [0.29, 0.717) is 26.3 Å². The van der Waals surface area contributed by atoms with E-state index >= 15 is 0 Å². The second-order valence-corrected chi connectivity index (χ2v) is 6.46. The van der Waals surface area contributed by atoms with Gasteiger partial charge in [-0.15, -0.1) is 0 Å². The monoisotopic (exact) mass is 325 g/mol. The summed E-state index contributed by atoms with van der Waals surface area (Å²) in [4.78, 5) is 14.6. The predicted molar refractivity (Wildman–Crippen MR) is 78.5 cm³/mol. The van der Waals surface area contributed by atoms with E-state index < -0.39 is 23.8 Å². The van der Waals surface area contributed by atoms with Crippen LogP contribution in [0.25, 0.3) is 0 Å². The van der Waals surface area contributed by atoms with Gasteiger partial charge in [0.15, 0.2) is 11.6 Å². The summed E-state index contributed by atoms with van der Waals surface area (Å²) in [5, 5.41) is 0. The van der Waals surface area contributed by atoms with Gasteiger partial charge in [-0.1, -0.05) is 0 Å². The summed E-state index contributed by atoms with van der Waals surface area (Å²) in [6, 6.07) is 2.33. The van der Waals surface area contributed by atoms with Crippen LogP contribution in [0.1, 0.15) is 0 Å². The number of nitrogens with two attached hydrogens (primary N) is 1. The zero-order valence-electron chi connectivity index (χ0n) is 12.4. The first-order valence-corrected chi connectivity index (χ1v) is 7.51. The standard InChI is InChI=1S/C15H17F2N3O3/c16-11-1-9(20-4-10(3-18)23-14(20)21)2-12(17)13(11)19-5-15(6-19)7-22-8-15/h1-2,10H,3-8,18H2/t10-/m0/s1. The topological polar surface area (TPSA) is 68.0 Å². The highest BCUT2D eigenvalue weighted by Gasteiger charge is 2.50. The molecule has 0 radical (unpaired) electrons. The van der Waals surface area contributed by atoms with Gasteiger partial charge in [0.05, 0.1) is 30.9 Å². The van der Waals surface area contributed by atoms with Crippen LogP contribution in [0.5, 0.6) is 0 Å². The smallest absolute Gasteiger partial charge is 0.414 e. The van der Waals surface area contributed by atoms with E-state index in [4.69, 9.17) is 15.2 Å². The average Bonchev–Trinajstić information content (AvgIpc) is 2.79. The van der Waals surface area contributed by atoms with Crippen molar-refractivity contribution >= 4 is 17.5 Å². The van der Waals surface area contributed by atoms with Gasteiger partial charge in [-0.25, -0.2) is 13.6 Å². The molecule has 1 amide bonds. The molecule has 1 atom stereocenters. The minimum absolute atomic E-state index is 0.0470. The minimum atomic E-state index is -0.681. The Morgan fingerprint density at radius 1 is 1.26 bits per heavy atom. The Morgan fingerprint density at radius 2 is 1.91 bits per heavy atom. The molecule has 4 rings (SSSR count). The average molecular weight is 325 g/mol. The Hall–Kier alpha value is -1.93. The van der Waals surface area contributed by atoms with Crippen molar-refractivity contribution in [1.29, 1.82) is 0 Å². The Labute approximate surface area is 131 Å². The number of nitrogens with zero attached hydrogens (tertiary/aromatic N) is 2. The summed E-state index contributed by atoms with van der Waals surface area (Å²) >= 11 is 0. The van der Waals surface area contributed by atoms with Crippen molar-refractivity contribution in [3.05, 3.63) is 23.8 Å². The van der Waals surface area contributed by atoms with E-state index in [1.165, 1.54) is 17.0 Å².